The minimum atomic E-state index is -1.19. The van der Waals surface area contributed by atoms with E-state index >= 15 is 0 Å². The highest BCUT2D eigenvalue weighted by atomic mass is 16.4. The van der Waals surface area contributed by atoms with E-state index in [0.29, 0.717) is 6.42 Å². The summed E-state index contributed by atoms with van der Waals surface area (Å²) in [4.78, 5) is 23.8. The molecule has 0 atom stereocenters. The molecule has 1 aromatic rings. The number of aromatic hydroxyl groups is 1. The van der Waals surface area contributed by atoms with Gasteiger partial charge >= 0.3 is 11.7 Å². The van der Waals surface area contributed by atoms with Crippen molar-refractivity contribution in [2.45, 2.75) is 13.0 Å². The number of imidazole rings is 1. The van der Waals surface area contributed by atoms with Crippen LogP contribution in [0.25, 0.3) is 0 Å². The van der Waals surface area contributed by atoms with E-state index in [1.165, 1.54) is 0 Å². The fourth-order valence-corrected chi connectivity index (χ4v) is 1.11. The molecule has 14 heavy (non-hydrogen) atoms. The number of carboxylic acid groups (broad SMARTS) is 1. The SMILES string of the molecule is NCCc1[nH]c(=O)n(CC(=O)O)c1O. The highest BCUT2D eigenvalue weighted by molar-refractivity contribution is 5.66. The van der Waals surface area contributed by atoms with Crippen LogP contribution < -0.4 is 11.4 Å². The zero-order chi connectivity index (χ0) is 10.7. The molecule has 5 N–H and O–H groups in total. The maximum Gasteiger partial charge on any atom is 0.329 e. The second-order valence-electron chi connectivity index (χ2n) is 2.75. The van der Waals surface area contributed by atoms with Crippen molar-refractivity contribution in [1.29, 1.82) is 0 Å². The quantitative estimate of drug-likeness (QED) is 0.470. The molecule has 1 rings (SSSR count). The third-order valence-corrected chi connectivity index (χ3v) is 1.72. The van der Waals surface area contributed by atoms with E-state index in [2.05, 4.69) is 4.98 Å². The van der Waals surface area contributed by atoms with Crippen LogP contribution in [-0.4, -0.2) is 32.3 Å². The van der Waals surface area contributed by atoms with Gasteiger partial charge in [0.1, 0.15) is 6.54 Å². The lowest BCUT2D eigenvalue weighted by Crippen LogP contribution is -2.21. The largest absolute Gasteiger partial charge is 0.493 e. The van der Waals surface area contributed by atoms with Gasteiger partial charge in [0, 0.05) is 6.42 Å². The molecule has 1 aromatic heterocycles. The lowest BCUT2D eigenvalue weighted by Gasteiger charge is -1.98. The Labute approximate surface area is 78.8 Å². The molecule has 0 fully saturated rings. The Balaban J connectivity index is 3.05. The maximum atomic E-state index is 11.1. The summed E-state index contributed by atoms with van der Waals surface area (Å²) < 4.78 is 0.743. The Kier molecular flexibility index (Phi) is 2.92. The van der Waals surface area contributed by atoms with Gasteiger partial charge in [-0.05, 0) is 6.54 Å². The molecule has 7 nitrogen and oxygen atoms in total. The molecule has 7 heteroatoms. The molecule has 0 saturated carbocycles. The van der Waals surface area contributed by atoms with E-state index in [1.807, 2.05) is 0 Å². The third-order valence-electron chi connectivity index (χ3n) is 1.72. The lowest BCUT2D eigenvalue weighted by atomic mass is 10.3. The molecule has 0 aromatic carbocycles. The first-order valence-electron chi connectivity index (χ1n) is 3.98. The zero-order valence-electron chi connectivity index (χ0n) is 7.36. The Morgan fingerprint density at radius 3 is 2.71 bits per heavy atom. The van der Waals surface area contributed by atoms with Crippen LogP contribution in [0.2, 0.25) is 0 Å². The molecule has 0 unspecified atom stereocenters. The van der Waals surface area contributed by atoms with Gasteiger partial charge in [-0.15, -0.1) is 0 Å². The Morgan fingerprint density at radius 2 is 2.21 bits per heavy atom. The number of carbonyl (C=O) groups is 1. The summed E-state index contributed by atoms with van der Waals surface area (Å²) in [6, 6.07) is 0. The summed E-state index contributed by atoms with van der Waals surface area (Å²) in [6.45, 7) is -0.299. The summed E-state index contributed by atoms with van der Waals surface area (Å²) in [5.74, 6) is -1.55. The van der Waals surface area contributed by atoms with Crippen molar-refractivity contribution in [2.75, 3.05) is 6.54 Å². The van der Waals surface area contributed by atoms with Gasteiger partial charge in [-0.1, -0.05) is 0 Å². The predicted octanol–water partition coefficient (Wildman–Crippen LogP) is -1.53. The van der Waals surface area contributed by atoms with Crippen molar-refractivity contribution in [2.24, 2.45) is 5.73 Å². The van der Waals surface area contributed by atoms with E-state index < -0.39 is 18.2 Å². The van der Waals surface area contributed by atoms with E-state index in [9.17, 15) is 14.7 Å². The summed E-state index contributed by atoms with van der Waals surface area (Å²) in [6.07, 6.45) is 0.299. The number of H-pyrrole nitrogens is 1. The minimum absolute atomic E-state index is 0.263. The van der Waals surface area contributed by atoms with Crippen LogP contribution in [0.5, 0.6) is 5.88 Å². The number of aromatic amines is 1. The average molecular weight is 201 g/mol. The van der Waals surface area contributed by atoms with Crippen molar-refractivity contribution in [3.63, 3.8) is 0 Å². The highest BCUT2D eigenvalue weighted by Crippen LogP contribution is 2.11. The number of hydrogen-bond acceptors (Lipinski definition) is 4. The van der Waals surface area contributed by atoms with Crippen LogP contribution in [0, 0.1) is 0 Å². The van der Waals surface area contributed by atoms with Crippen LogP contribution >= 0.6 is 0 Å². The van der Waals surface area contributed by atoms with Crippen LogP contribution in [0.1, 0.15) is 5.69 Å². The minimum Gasteiger partial charge on any atom is -0.493 e. The van der Waals surface area contributed by atoms with Gasteiger partial charge in [0.05, 0.1) is 5.69 Å². The number of aromatic nitrogens is 2. The smallest absolute Gasteiger partial charge is 0.329 e. The molecule has 0 aliphatic rings. The van der Waals surface area contributed by atoms with Crippen molar-refractivity contribution >= 4 is 5.97 Å². The molecule has 1 heterocycles. The monoisotopic (exact) mass is 201 g/mol. The normalized spacial score (nSPS) is 10.4. The molecular weight excluding hydrogens is 190 g/mol. The fourth-order valence-electron chi connectivity index (χ4n) is 1.11. The highest BCUT2D eigenvalue weighted by Gasteiger charge is 2.13. The van der Waals surface area contributed by atoms with Crippen molar-refractivity contribution < 1.29 is 15.0 Å². The first-order valence-corrected chi connectivity index (χ1v) is 3.98. The summed E-state index contributed by atoms with van der Waals surface area (Å²) in [7, 11) is 0. The number of hydrogen-bond donors (Lipinski definition) is 4. The Bertz CT molecular complexity index is 392. The van der Waals surface area contributed by atoms with Crippen molar-refractivity contribution in [1.82, 2.24) is 9.55 Å². The molecule has 0 aliphatic carbocycles. The standard InChI is InChI=1S/C7H11N3O4/c8-2-1-4-6(13)10(3-5(11)12)7(14)9-4/h13H,1-3,8H2,(H,9,14)(H,11,12). The zero-order valence-corrected chi connectivity index (χ0v) is 7.36. The molecule has 0 saturated heterocycles. The van der Waals surface area contributed by atoms with Gasteiger partial charge in [-0.2, -0.15) is 0 Å². The van der Waals surface area contributed by atoms with Gasteiger partial charge in [-0.3, -0.25) is 9.36 Å². The first kappa shape index (κ1) is 10.3. The van der Waals surface area contributed by atoms with Crippen molar-refractivity contribution in [3.8, 4) is 5.88 Å². The molecule has 78 valence electrons. The van der Waals surface area contributed by atoms with E-state index in [4.69, 9.17) is 10.8 Å². The fraction of sp³-hybridized carbons (Fsp3) is 0.429. The second kappa shape index (κ2) is 3.97. The number of rotatable bonds is 4. The van der Waals surface area contributed by atoms with Gasteiger partial charge in [0.2, 0.25) is 5.88 Å². The Morgan fingerprint density at radius 1 is 1.57 bits per heavy atom. The van der Waals surface area contributed by atoms with E-state index in [1.54, 1.807) is 0 Å². The molecule has 0 amide bonds. The molecule has 0 bridgehead atoms. The van der Waals surface area contributed by atoms with Gasteiger partial charge in [0.15, 0.2) is 0 Å². The molecular formula is C7H11N3O4. The second-order valence-corrected chi connectivity index (χ2v) is 2.75. The van der Waals surface area contributed by atoms with Crippen LogP contribution in [0.15, 0.2) is 4.79 Å². The van der Waals surface area contributed by atoms with Gasteiger partial charge in [0.25, 0.3) is 0 Å². The average Bonchev–Trinajstić information content (AvgIpc) is 2.33. The third kappa shape index (κ3) is 1.94. The Hall–Kier alpha value is -1.76. The van der Waals surface area contributed by atoms with E-state index in [-0.39, 0.29) is 18.1 Å². The topological polar surface area (TPSA) is 121 Å². The first-order chi connectivity index (χ1) is 6.56. The van der Waals surface area contributed by atoms with Crippen LogP contribution in [0.4, 0.5) is 0 Å². The number of carboxylic acids is 1. The van der Waals surface area contributed by atoms with Crippen LogP contribution in [-0.2, 0) is 17.8 Å². The van der Waals surface area contributed by atoms with Crippen molar-refractivity contribution in [3.05, 3.63) is 16.2 Å². The van der Waals surface area contributed by atoms with Gasteiger partial charge < -0.3 is 20.9 Å². The van der Waals surface area contributed by atoms with E-state index in [0.717, 1.165) is 4.57 Å². The summed E-state index contributed by atoms with van der Waals surface area (Å²) in [5, 5.41) is 17.8. The molecule has 0 aliphatic heterocycles. The molecule has 0 radical (unpaired) electrons. The lowest BCUT2D eigenvalue weighted by molar-refractivity contribution is -0.137. The maximum absolute atomic E-state index is 11.1. The number of aliphatic carboxylic acids is 1. The molecule has 0 spiro atoms. The summed E-state index contributed by atoms with van der Waals surface area (Å²) >= 11 is 0. The number of nitrogens with one attached hydrogen (secondary N) is 1. The number of nitrogens with zero attached hydrogens (tertiary/aromatic N) is 1. The van der Waals surface area contributed by atoms with Gasteiger partial charge in [-0.25, -0.2) is 4.79 Å². The summed E-state index contributed by atoms with van der Waals surface area (Å²) in [5.41, 5.74) is 4.85. The number of nitrogens with two attached hydrogens (primary N) is 1. The predicted molar refractivity (Wildman–Crippen MR) is 47.1 cm³/mol. The van der Waals surface area contributed by atoms with Crippen LogP contribution in [0.3, 0.4) is 0 Å².